The molecule has 0 radical (unpaired) electrons. The Kier molecular flexibility index (Phi) is 7.10. The zero-order chi connectivity index (χ0) is 21.5. The molecule has 3 atom stereocenters. The van der Waals surface area contributed by atoms with Gasteiger partial charge in [-0.3, -0.25) is 0 Å². The normalized spacial score (nSPS) is 23.1. The fourth-order valence-electron chi connectivity index (χ4n) is 4.43. The van der Waals surface area contributed by atoms with Crippen LogP contribution in [0.3, 0.4) is 0 Å². The Balaban J connectivity index is 1.43. The third-order valence-electron chi connectivity index (χ3n) is 6.16. The van der Waals surface area contributed by atoms with Gasteiger partial charge >= 0.3 is 6.09 Å². The van der Waals surface area contributed by atoms with Crippen molar-refractivity contribution in [2.24, 2.45) is 27.8 Å². The lowest BCUT2D eigenvalue weighted by Crippen LogP contribution is -2.36. The smallest absolute Gasteiger partial charge is 0.407 e. The first kappa shape index (κ1) is 21.2. The van der Waals surface area contributed by atoms with Crippen LogP contribution in [0.4, 0.5) is 4.79 Å². The predicted octanol–water partition coefficient (Wildman–Crippen LogP) is 4.43. The number of nitrogens with one attached hydrogen (secondary N) is 1. The molecule has 2 aromatic rings. The SMILES string of the molecule is NCc1ccc(C2=NN=CC3CCCCC(OC(=O)NCc4ccccc4)CC23)cc1. The minimum atomic E-state index is -0.360. The molecule has 0 bridgehead atoms. The number of hydrogen-bond acceptors (Lipinski definition) is 5. The molecular formula is C25H30N4O2. The Morgan fingerprint density at radius 3 is 2.58 bits per heavy atom. The number of alkyl carbamates (subject to hydrolysis) is 1. The third-order valence-corrected chi connectivity index (χ3v) is 6.16. The summed E-state index contributed by atoms with van der Waals surface area (Å²) in [4.78, 5) is 12.5. The minimum Gasteiger partial charge on any atom is -0.446 e. The summed E-state index contributed by atoms with van der Waals surface area (Å²) < 4.78 is 5.85. The van der Waals surface area contributed by atoms with Gasteiger partial charge in [-0.1, -0.05) is 61.0 Å². The second kappa shape index (κ2) is 10.4. The lowest BCUT2D eigenvalue weighted by Gasteiger charge is -2.33. The van der Waals surface area contributed by atoms with Crippen LogP contribution in [-0.4, -0.2) is 24.1 Å². The number of nitrogens with zero attached hydrogens (tertiary/aromatic N) is 2. The molecule has 2 aliphatic rings. The van der Waals surface area contributed by atoms with Gasteiger partial charge in [-0.2, -0.15) is 10.2 Å². The Hall–Kier alpha value is -2.99. The van der Waals surface area contributed by atoms with Crippen molar-refractivity contribution in [2.45, 2.75) is 51.3 Å². The summed E-state index contributed by atoms with van der Waals surface area (Å²) in [6.45, 7) is 0.982. The largest absolute Gasteiger partial charge is 0.446 e. The first-order valence-electron chi connectivity index (χ1n) is 11.1. The van der Waals surface area contributed by atoms with Crippen molar-refractivity contribution in [3.63, 3.8) is 0 Å². The van der Waals surface area contributed by atoms with E-state index in [9.17, 15) is 4.79 Å². The maximum atomic E-state index is 12.5. The van der Waals surface area contributed by atoms with Crippen LogP contribution in [0.2, 0.25) is 0 Å². The third kappa shape index (κ3) is 5.58. The van der Waals surface area contributed by atoms with Gasteiger partial charge in [-0.15, -0.1) is 0 Å². The van der Waals surface area contributed by atoms with Crippen LogP contribution in [0.1, 0.15) is 48.8 Å². The molecule has 162 valence electrons. The average molecular weight is 419 g/mol. The van der Waals surface area contributed by atoms with Crippen LogP contribution >= 0.6 is 0 Å². The number of benzene rings is 2. The summed E-state index contributed by atoms with van der Waals surface area (Å²) >= 11 is 0. The van der Waals surface area contributed by atoms with E-state index >= 15 is 0 Å². The van der Waals surface area contributed by atoms with E-state index in [1.54, 1.807) is 0 Å². The number of amides is 1. The van der Waals surface area contributed by atoms with Crippen molar-refractivity contribution < 1.29 is 9.53 Å². The molecule has 1 amide bonds. The van der Waals surface area contributed by atoms with E-state index in [0.29, 0.717) is 19.0 Å². The summed E-state index contributed by atoms with van der Waals surface area (Å²) in [6.07, 6.45) is 6.33. The van der Waals surface area contributed by atoms with Crippen LogP contribution < -0.4 is 11.1 Å². The van der Waals surface area contributed by atoms with Crippen molar-refractivity contribution in [1.29, 1.82) is 0 Å². The zero-order valence-electron chi connectivity index (χ0n) is 17.7. The standard InChI is InChI=1S/C25H30N4O2/c26-15-18-10-12-20(13-11-18)24-23-14-22(9-5-4-8-21(23)17-28-29-24)31-25(30)27-16-19-6-2-1-3-7-19/h1-3,6-7,10-13,17,21-23H,4-5,8-9,14-16,26H2,(H,27,30). The molecule has 6 nitrogen and oxygen atoms in total. The number of carbonyl (C=O) groups excluding carboxylic acids is 1. The molecule has 2 aromatic carbocycles. The van der Waals surface area contributed by atoms with E-state index in [0.717, 1.165) is 54.5 Å². The first-order chi connectivity index (χ1) is 15.2. The summed E-state index contributed by atoms with van der Waals surface area (Å²) in [5.41, 5.74) is 9.93. The first-order valence-corrected chi connectivity index (χ1v) is 11.1. The molecule has 1 saturated carbocycles. The second-order valence-corrected chi connectivity index (χ2v) is 8.31. The number of hydrogen-bond donors (Lipinski definition) is 2. The Bertz CT molecular complexity index is 924. The van der Waals surface area contributed by atoms with Crippen LogP contribution in [0, 0.1) is 11.8 Å². The molecule has 1 aliphatic carbocycles. The fraction of sp³-hybridized carbons (Fsp3) is 0.400. The molecule has 31 heavy (non-hydrogen) atoms. The highest BCUT2D eigenvalue weighted by atomic mass is 16.6. The quantitative estimate of drug-likeness (QED) is 0.753. The highest BCUT2D eigenvalue weighted by Gasteiger charge is 2.33. The van der Waals surface area contributed by atoms with E-state index < -0.39 is 0 Å². The van der Waals surface area contributed by atoms with Gasteiger partial charge in [0.05, 0.1) is 5.71 Å². The Morgan fingerprint density at radius 2 is 1.81 bits per heavy atom. The van der Waals surface area contributed by atoms with E-state index in [1.807, 2.05) is 48.7 Å². The van der Waals surface area contributed by atoms with E-state index in [4.69, 9.17) is 10.5 Å². The fourth-order valence-corrected chi connectivity index (χ4v) is 4.43. The molecule has 4 rings (SSSR count). The molecule has 0 aromatic heterocycles. The topological polar surface area (TPSA) is 89.1 Å². The van der Waals surface area contributed by atoms with Crippen LogP contribution in [0.5, 0.6) is 0 Å². The highest BCUT2D eigenvalue weighted by molar-refractivity contribution is 6.04. The lowest BCUT2D eigenvalue weighted by molar-refractivity contribution is 0.0733. The number of nitrogens with two attached hydrogens (primary N) is 1. The van der Waals surface area contributed by atoms with Crippen LogP contribution in [0.25, 0.3) is 0 Å². The predicted molar refractivity (Wildman–Crippen MR) is 123 cm³/mol. The zero-order valence-corrected chi connectivity index (χ0v) is 17.7. The maximum Gasteiger partial charge on any atom is 0.407 e. The van der Waals surface area contributed by atoms with E-state index in [1.165, 1.54) is 0 Å². The van der Waals surface area contributed by atoms with Gasteiger partial charge in [0, 0.05) is 31.1 Å². The summed E-state index contributed by atoms with van der Waals surface area (Å²) in [5.74, 6) is 0.508. The average Bonchev–Trinajstić information content (AvgIpc) is 2.80. The van der Waals surface area contributed by atoms with Gasteiger partial charge in [0.2, 0.25) is 0 Å². The van der Waals surface area contributed by atoms with Gasteiger partial charge in [0.25, 0.3) is 0 Å². The Morgan fingerprint density at radius 1 is 1.03 bits per heavy atom. The molecule has 0 saturated heterocycles. The molecule has 0 spiro atoms. The van der Waals surface area contributed by atoms with E-state index in [2.05, 4.69) is 27.7 Å². The van der Waals surface area contributed by atoms with Crippen molar-refractivity contribution >= 4 is 18.0 Å². The molecule has 6 heteroatoms. The van der Waals surface area contributed by atoms with Crippen molar-refractivity contribution in [1.82, 2.24) is 5.32 Å². The monoisotopic (exact) mass is 418 g/mol. The summed E-state index contributed by atoms with van der Waals surface area (Å²) in [5, 5.41) is 11.7. The van der Waals surface area contributed by atoms with Crippen molar-refractivity contribution in [2.75, 3.05) is 0 Å². The van der Waals surface area contributed by atoms with Gasteiger partial charge < -0.3 is 15.8 Å². The molecule has 3 N–H and O–H groups in total. The van der Waals surface area contributed by atoms with Crippen molar-refractivity contribution in [3.8, 4) is 0 Å². The molecule has 1 heterocycles. The second-order valence-electron chi connectivity index (χ2n) is 8.31. The van der Waals surface area contributed by atoms with E-state index in [-0.39, 0.29) is 18.1 Å². The summed E-state index contributed by atoms with van der Waals surface area (Å²) in [6, 6.07) is 18.1. The van der Waals surface area contributed by atoms with Gasteiger partial charge in [0.1, 0.15) is 6.10 Å². The van der Waals surface area contributed by atoms with Crippen LogP contribution in [-0.2, 0) is 17.8 Å². The summed E-state index contributed by atoms with van der Waals surface area (Å²) in [7, 11) is 0. The molecule has 1 aliphatic heterocycles. The lowest BCUT2D eigenvalue weighted by atomic mass is 9.76. The number of rotatable bonds is 5. The van der Waals surface area contributed by atoms with Crippen LogP contribution in [0.15, 0.2) is 64.8 Å². The number of ether oxygens (including phenoxy) is 1. The van der Waals surface area contributed by atoms with Gasteiger partial charge in [-0.25, -0.2) is 4.79 Å². The van der Waals surface area contributed by atoms with Gasteiger partial charge in [-0.05, 0) is 42.4 Å². The number of fused-ring (bicyclic) bond motifs is 1. The van der Waals surface area contributed by atoms with Crippen molar-refractivity contribution in [3.05, 3.63) is 71.3 Å². The molecule has 1 fully saturated rings. The maximum absolute atomic E-state index is 12.5. The van der Waals surface area contributed by atoms with Gasteiger partial charge in [0.15, 0.2) is 0 Å². The Labute approximate surface area is 183 Å². The molecular weight excluding hydrogens is 388 g/mol. The highest BCUT2D eigenvalue weighted by Crippen LogP contribution is 2.33. The minimum absolute atomic E-state index is 0.136. The number of carbonyl (C=O) groups is 1. The molecule has 3 unspecified atom stereocenters.